The fourth-order valence-corrected chi connectivity index (χ4v) is 4.00. The fraction of sp³-hybridized carbons (Fsp3) is 0.316. The van der Waals surface area contributed by atoms with Crippen LogP contribution >= 0.6 is 0 Å². The Morgan fingerprint density at radius 1 is 1.08 bits per heavy atom. The zero-order valence-corrected chi connectivity index (χ0v) is 16.0. The van der Waals surface area contributed by atoms with Crippen molar-refractivity contribution in [3.05, 3.63) is 54.1 Å². The van der Waals surface area contributed by atoms with Gasteiger partial charge >= 0.3 is 0 Å². The number of hydrogen-bond acceptors (Lipinski definition) is 4. The number of ether oxygens (including phenoxy) is 1. The van der Waals surface area contributed by atoms with Crippen molar-refractivity contribution in [2.45, 2.75) is 25.7 Å². The van der Waals surface area contributed by atoms with Gasteiger partial charge in [0.15, 0.2) is 6.61 Å². The van der Waals surface area contributed by atoms with Crippen molar-refractivity contribution in [3.8, 4) is 5.75 Å². The van der Waals surface area contributed by atoms with Crippen molar-refractivity contribution in [3.63, 3.8) is 0 Å². The van der Waals surface area contributed by atoms with Crippen molar-refractivity contribution in [1.29, 1.82) is 0 Å². The summed E-state index contributed by atoms with van der Waals surface area (Å²) in [7, 11) is -3.57. The molecule has 0 heterocycles. The van der Waals surface area contributed by atoms with E-state index in [0.29, 0.717) is 24.5 Å². The Morgan fingerprint density at radius 2 is 1.77 bits per heavy atom. The van der Waals surface area contributed by atoms with E-state index in [1.54, 1.807) is 32.0 Å². The fourth-order valence-electron chi connectivity index (χ4n) is 2.50. The monoisotopic (exact) mass is 376 g/mol. The Hall–Kier alpha value is -2.38. The standard InChI is InChI=1S/C19H24N2O4S/c1-4-21(5-2)26(23,24)18-11-7-9-16(13-18)20-19(22)14-25-17-10-6-8-15(3)12-17/h6-13H,4-5,14H2,1-3H3,(H,20,22). The maximum atomic E-state index is 12.6. The first-order chi connectivity index (χ1) is 12.4. The Balaban J connectivity index is 2.05. The number of carbonyl (C=O) groups excluding carboxylic acids is 1. The van der Waals surface area contributed by atoms with Crippen molar-refractivity contribution in [2.24, 2.45) is 0 Å². The van der Waals surface area contributed by atoms with Crippen LogP contribution in [0.25, 0.3) is 0 Å². The summed E-state index contributed by atoms with van der Waals surface area (Å²) < 4.78 is 31.9. The molecule has 0 aliphatic heterocycles. The number of amides is 1. The van der Waals surface area contributed by atoms with E-state index < -0.39 is 10.0 Å². The number of hydrogen-bond donors (Lipinski definition) is 1. The Labute approximate surface area is 154 Å². The van der Waals surface area contributed by atoms with Crippen LogP contribution in [0, 0.1) is 6.92 Å². The van der Waals surface area contributed by atoms with Gasteiger partial charge in [0.25, 0.3) is 5.91 Å². The SMILES string of the molecule is CCN(CC)S(=O)(=O)c1cccc(NC(=O)COc2cccc(C)c2)c1. The van der Waals surface area contributed by atoms with Gasteiger partial charge in [-0.25, -0.2) is 8.42 Å². The first kappa shape index (κ1) is 19.9. The molecule has 0 aromatic heterocycles. The second-order valence-corrected chi connectivity index (χ2v) is 7.71. The average molecular weight is 376 g/mol. The number of rotatable bonds is 8. The lowest BCUT2D eigenvalue weighted by atomic mass is 10.2. The molecular formula is C19H24N2O4S. The number of benzene rings is 2. The predicted molar refractivity (Wildman–Crippen MR) is 102 cm³/mol. The largest absolute Gasteiger partial charge is 0.484 e. The molecule has 0 bridgehead atoms. The molecular weight excluding hydrogens is 352 g/mol. The molecule has 1 amide bonds. The molecule has 2 aromatic carbocycles. The lowest BCUT2D eigenvalue weighted by molar-refractivity contribution is -0.118. The van der Waals surface area contributed by atoms with Crippen LogP contribution in [-0.2, 0) is 14.8 Å². The molecule has 6 nitrogen and oxygen atoms in total. The van der Waals surface area contributed by atoms with E-state index in [1.165, 1.54) is 16.4 Å². The number of carbonyl (C=O) groups is 1. The Bertz CT molecular complexity index is 861. The van der Waals surface area contributed by atoms with Crippen LogP contribution in [-0.4, -0.2) is 38.3 Å². The number of aryl methyl sites for hydroxylation is 1. The first-order valence-electron chi connectivity index (χ1n) is 8.46. The minimum absolute atomic E-state index is 0.151. The number of sulfonamides is 1. The molecule has 2 aromatic rings. The summed E-state index contributed by atoms with van der Waals surface area (Å²) in [6, 6.07) is 13.6. The van der Waals surface area contributed by atoms with E-state index in [0.717, 1.165) is 5.56 Å². The molecule has 0 aliphatic rings. The third-order valence-corrected chi connectivity index (χ3v) is 5.87. The molecule has 0 fully saturated rings. The van der Waals surface area contributed by atoms with Crippen molar-refractivity contribution >= 4 is 21.6 Å². The molecule has 0 saturated heterocycles. The van der Waals surface area contributed by atoms with Gasteiger partial charge in [-0.15, -0.1) is 0 Å². The van der Waals surface area contributed by atoms with Crippen molar-refractivity contribution in [2.75, 3.05) is 25.0 Å². The second kappa shape index (κ2) is 8.82. The number of nitrogens with one attached hydrogen (secondary N) is 1. The maximum Gasteiger partial charge on any atom is 0.262 e. The highest BCUT2D eigenvalue weighted by molar-refractivity contribution is 7.89. The van der Waals surface area contributed by atoms with Crippen molar-refractivity contribution < 1.29 is 17.9 Å². The normalized spacial score (nSPS) is 11.4. The molecule has 0 unspecified atom stereocenters. The summed E-state index contributed by atoms with van der Waals surface area (Å²) in [5, 5.41) is 2.67. The minimum atomic E-state index is -3.57. The lowest BCUT2D eigenvalue weighted by Gasteiger charge is -2.18. The van der Waals surface area contributed by atoms with Gasteiger partial charge in [0.1, 0.15) is 5.75 Å². The summed E-state index contributed by atoms with van der Waals surface area (Å²) in [5.74, 6) is 0.252. The quantitative estimate of drug-likeness (QED) is 0.768. The molecule has 0 saturated carbocycles. The van der Waals surface area contributed by atoms with E-state index in [1.807, 2.05) is 25.1 Å². The molecule has 7 heteroatoms. The van der Waals surface area contributed by atoms with Gasteiger partial charge in [0.2, 0.25) is 10.0 Å². The topological polar surface area (TPSA) is 75.7 Å². The van der Waals surface area contributed by atoms with Gasteiger partial charge < -0.3 is 10.1 Å². The third-order valence-electron chi connectivity index (χ3n) is 3.82. The number of nitrogens with zero attached hydrogens (tertiary/aromatic N) is 1. The smallest absolute Gasteiger partial charge is 0.262 e. The van der Waals surface area contributed by atoms with Gasteiger partial charge in [-0.05, 0) is 42.8 Å². The van der Waals surface area contributed by atoms with E-state index >= 15 is 0 Å². The molecule has 140 valence electrons. The maximum absolute atomic E-state index is 12.6. The Morgan fingerprint density at radius 3 is 2.42 bits per heavy atom. The summed E-state index contributed by atoms with van der Waals surface area (Å²) in [4.78, 5) is 12.2. The Kier molecular flexibility index (Phi) is 6.76. The molecule has 0 radical (unpaired) electrons. The second-order valence-electron chi connectivity index (χ2n) is 5.77. The molecule has 0 atom stereocenters. The first-order valence-corrected chi connectivity index (χ1v) is 9.90. The van der Waals surface area contributed by atoms with Crippen LogP contribution in [0.5, 0.6) is 5.75 Å². The van der Waals surface area contributed by atoms with Crippen LogP contribution in [0.4, 0.5) is 5.69 Å². The zero-order chi connectivity index (χ0) is 19.2. The minimum Gasteiger partial charge on any atom is -0.484 e. The van der Waals surface area contributed by atoms with E-state index in [9.17, 15) is 13.2 Å². The molecule has 0 aliphatic carbocycles. The summed E-state index contributed by atoms with van der Waals surface area (Å²) in [6.07, 6.45) is 0. The van der Waals surface area contributed by atoms with Gasteiger partial charge in [-0.2, -0.15) is 4.31 Å². The van der Waals surface area contributed by atoms with Crippen LogP contribution in [0.2, 0.25) is 0 Å². The molecule has 1 N–H and O–H groups in total. The van der Waals surface area contributed by atoms with Gasteiger partial charge in [-0.1, -0.05) is 32.0 Å². The van der Waals surface area contributed by atoms with Gasteiger partial charge in [0, 0.05) is 18.8 Å². The average Bonchev–Trinajstić information content (AvgIpc) is 2.61. The van der Waals surface area contributed by atoms with E-state index in [-0.39, 0.29) is 17.4 Å². The summed E-state index contributed by atoms with van der Waals surface area (Å²) in [5.41, 5.74) is 1.45. The van der Waals surface area contributed by atoms with E-state index in [4.69, 9.17) is 4.74 Å². The number of anilines is 1. The summed E-state index contributed by atoms with van der Waals surface area (Å²) >= 11 is 0. The van der Waals surface area contributed by atoms with Gasteiger partial charge in [-0.3, -0.25) is 4.79 Å². The highest BCUT2D eigenvalue weighted by Gasteiger charge is 2.21. The molecule has 2 rings (SSSR count). The van der Waals surface area contributed by atoms with Crippen LogP contribution in [0.1, 0.15) is 19.4 Å². The summed E-state index contributed by atoms with van der Waals surface area (Å²) in [6.45, 7) is 6.13. The molecule has 26 heavy (non-hydrogen) atoms. The van der Waals surface area contributed by atoms with Gasteiger partial charge in [0.05, 0.1) is 4.90 Å². The predicted octanol–water partition coefficient (Wildman–Crippen LogP) is 3.04. The van der Waals surface area contributed by atoms with Crippen LogP contribution in [0.15, 0.2) is 53.4 Å². The van der Waals surface area contributed by atoms with Crippen LogP contribution < -0.4 is 10.1 Å². The highest BCUT2D eigenvalue weighted by atomic mass is 32.2. The van der Waals surface area contributed by atoms with E-state index in [2.05, 4.69) is 5.32 Å². The zero-order valence-electron chi connectivity index (χ0n) is 15.2. The molecule has 0 spiro atoms. The van der Waals surface area contributed by atoms with Crippen LogP contribution in [0.3, 0.4) is 0 Å². The third kappa shape index (κ3) is 5.06. The lowest BCUT2D eigenvalue weighted by Crippen LogP contribution is -2.30. The highest BCUT2D eigenvalue weighted by Crippen LogP contribution is 2.19. The van der Waals surface area contributed by atoms with Crippen molar-refractivity contribution in [1.82, 2.24) is 4.31 Å².